The first-order valence-corrected chi connectivity index (χ1v) is 7.03. The second kappa shape index (κ2) is 5.37. The lowest BCUT2D eigenvalue weighted by Crippen LogP contribution is -2.42. The molecule has 2 aromatic rings. The molecule has 3 nitrogen and oxygen atoms in total. The highest BCUT2D eigenvalue weighted by Gasteiger charge is 2.32. The number of hydrogen-bond acceptors (Lipinski definition) is 2. The van der Waals surface area contributed by atoms with Crippen molar-refractivity contribution < 1.29 is 4.79 Å². The summed E-state index contributed by atoms with van der Waals surface area (Å²) < 4.78 is 0. The molecule has 0 bridgehead atoms. The standard InChI is InChI=1S/C17H18N2O/c1-2-12-19-15-11-7-6-10-14(15)18-16(17(19)20)13-8-4-3-5-9-13/h3-11,16,18H,2,12H2,1H3. The van der Waals surface area contributed by atoms with Crippen LogP contribution in [0.4, 0.5) is 11.4 Å². The first kappa shape index (κ1) is 12.7. The molecule has 20 heavy (non-hydrogen) atoms. The summed E-state index contributed by atoms with van der Waals surface area (Å²) in [4.78, 5) is 14.6. The highest BCUT2D eigenvalue weighted by Crippen LogP contribution is 2.36. The van der Waals surface area contributed by atoms with Crippen molar-refractivity contribution in [1.82, 2.24) is 0 Å². The Morgan fingerprint density at radius 2 is 1.75 bits per heavy atom. The van der Waals surface area contributed by atoms with E-state index < -0.39 is 0 Å². The number of rotatable bonds is 3. The third-order valence-corrected chi connectivity index (χ3v) is 3.59. The molecule has 0 saturated heterocycles. The van der Waals surface area contributed by atoms with Crippen LogP contribution in [0.15, 0.2) is 54.6 Å². The third kappa shape index (κ3) is 2.16. The second-order valence-corrected chi connectivity index (χ2v) is 5.00. The highest BCUT2D eigenvalue weighted by molar-refractivity contribution is 6.05. The molecule has 2 aromatic carbocycles. The van der Waals surface area contributed by atoms with Gasteiger partial charge in [0.25, 0.3) is 5.91 Å². The molecule has 3 heteroatoms. The smallest absolute Gasteiger partial charge is 0.254 e. The molecular formula is C17H18N2O. The maximum Gasteiger partial charge on any atom is 0.254 e. The van der Waals surface area contributed by atoms with E-state index in [1.54, 1.807) is 0 Å². The lowest BCUT2D eigenvalue weighted by molar-refractivity contribution is -0.119. The van der Waals surface area contributed by atoms with Crippen LogP contribution < -0.4 is 10.2 Å². The maximum atomic E-state index is 12.7. The number of carbonyl (C=O) groups is 1. The zero-order chi connectivity index (χ0) is 13.9. The molecule has 1 N–H and O–H groups in total. The number of anilines is 2. The van der Waals surface area contributed by atoms with Gasteiger partial charge < -0.3 is 10.2 Å². The normalized spacial score (nSPS) is 17.6. The van der Waals surface area contributed by atoms with E-state index in [-0.39, 0.29) is 11.9 Å². The fourth-order valence-corrected chi connectivity index (χ4v) is 2.65. The van der Waals surface area contributed by atoms with E-state index in [9.17, 15) is 4.79 Å². The molecule has 1 aliphatic rings. The van der Waals surface area contributed by atoms with Gasteiger partial charge in [-0.05, 0) is 24.1 Å². The van der Waals surface area contributed by atoms with E-state index in [0.717, 1.165) is 29.9 Å². The van der Waals surface area contributed by atoms with Crippen molar-refractivity contribution >= 4 is 17.3 Å². The van der Waals surface area contributed by atoms with Crippen molar-refractivity contribution in [3.05, 3.63) is 60.2 Å². The lowest BCUT2D eigenvalue weighted by atomic mass is 10.0. The largest absolute Gasteiger partial charge is 0.368 e. The highest BCUT2D eigenvalue weighted by atomic mass is 16.2. The van der Waals surface area contributed by atoms with E-state index >= 15 is 0 Å². The van der Waals surface area contributed by atoms with Gasteiger partial charge in [0, 0.05) is 6.54 Å². The predicted molar refractivity (Wildman–Crippen MR) is 81.9 cm³/mol. The van der Waals surface area contributed by atoms with Gasteiger partial charge in [-0.1, -0.05) is 49.4 Å². The number of hydrogen-bond donors (Lipinski definition) is 1. The second-order valence-electron chi connectivity index (χ2n) is 5.00. The molecule has 0 aliphatic carbocycles. The van der Waals surface area contributed by atoms with Crippen LogP contribution in [-0.2, 0) is 4.79 Å². The molecule has 0 fully saturated rings. The molecule has 0 saturated carbocycles. The SMILES string of the molecule is CCCN1C(=O)C(c2ccccc2)Nc2ccccc21. The van der Waals surface area contributed by atoms with Gasteiger partial charge in [-0.15, -0.1) is 0 Å². The molecule has 1 amide bonds. The zero-order valence-electron chi connectivity index (χ0n) is 11.5. The summed E-state index contributed by atoms with van der Waals surface area (Å²) in [7, 11) is 0. The number of nitrogens with zero attached hydrogens (tertiary/aromatic N) is 1. The number of carbonyl (C=O) groups excluding carboxylic acids is 1. The lowest BCUT2D eigenvalue weighted by Gasteiger charge is -2.35. The van der Waals surface area contributed by atoms with Gasteiger partial charge in [-0.3, -0.25) is 4.79 Å². The molecular weight excluding hydrogens is 248 g/mol. The number of amides is 1. The molecule has 3 rings (SSSR count). The minimum absolute atomic E-state index is 0.122. The average Bonchev–Trinajstić information content (AvgIpc) is 2.51. The van der Waals surface area contributed by atoms with Crippen LogP contribution in [0.25, 0.3) is 0 Å². The summed E-state index contributed by atoms with van der Waals surface area (Å²) in [6.07, 6.45) is 0.946. The van der Waals surface area contributed by atoms with Gasteiger partial charge in [0.15, 0.2) is 0 Å². The van der Waals surface area contributed by atoms with E-state index in [2.05, 4.69) is 12.2 Å². The number of nitrogens with one attached hydrogen (secondary N) is 1. The van der Waals surface area contributed by atoms with Crippen LogP contribution in [0.3, 0.4) is 0 Å². The Labute approximate surface area is 119 Å². The topological polar surface area (TPSA) is 32.3 Å². The number of benzene rings is 2. The van der Waals surface area contributed by atoms with Gasteiger partial charge in [0.05, 0.1) is 11.4 Å². The van der Waals surface area contributed by atoms with Crippen molar-refractivity contribution in [2.75, 3.05) is 16.8 Å². The summed E-state index contributed by atoms with van der Waals surface area (Å²) in [5.74, 6) is 0.122. The fraction of sp³-hybridized carbons (Fsp3) is 0.235. The van der Waals surface area contributed by atoms with Gasteiger partial charge in [-0.25, -0.2) is 0 Å². The fourth-order valence-electron chi connectivity index (χ4n) is 2.65. The Morgan fingerprint density at radius 1 is 1.05 bits per heavy atom. The van der Waals surface area contributed by atoms with Gasteiger partial charge in [0.2, 0.25) is 0 Å². The molecule has 1 atom stereocenters. The minimum atomic E-state index is -0.294. The first-order valence-electron chi connectivity index (χ1n) is 7.03. The van der Waals surface area contributed by atoms with Crippen LogP contribution in [0, 0.1) is 0 Å². The van der Waals surface area contributed by atoms with Crippen molar-refractivity contribution in [1.29, 1.82) is 0 Å². The summed E-state index contributed by atoms with van der Waals surface area (Å²) in [5, 5.41) is 3.36. The number of fused-ring (bicyclic) bond motifs is 1. The van der Waals surface area contributed by atoms with Gasteiger partial charge in [-0.2, -0.15) is 0 Å². The van der Waals surface area contributed by atoms with E-state index in [0.29, 0.717) is 0 Å². The third-order valence-electron chi connectivity index (χ3n) is 3.59. The Hall–Kier alpha value is -2.29. The molecule has 0 radical (unpaired) electrons. The van der Waals surface area contributed by atoms with E-state index in [1.807, 2.05) is 59.5 Å². The monoisotopic (exact) mass is 266 g/mol. The van der Waals surface area contributed by atoms with Crippen LogP contribution in [0.5, 0.6) is 0 Å². The Kier molecular flexibility index (Phi) is 3.42. The minimum Gasteiger partial charge on any atom is -0.368 e. The van der Waals surface area contributed by atoms with Crippen molar-refractivity contribution in [3.8, 4) is 0 Å². The summed E-state index contributed by atoms with van der Waals surface area (Å²) >= 11 is 0. The van der Waals surface area contributed by atoms with Gasteiger partial charge in [0.1, 0.15) is 6.04 Å². The average molecular weight is 266 g/mol. The van der Waals surface area contributed by atoms with Crippen molar-refractivity contribution in [2.24, 2.45) is 0 Å². The molecule has 1 heterocycles. The molecule has 1 unspecified atom stereocenters. The van der Waals surface area contributed by atoms with E-state index in [1.165, 1.54) is 0 Å². The first-order chi connectivity index (χ1) is 9.81. The summed E-state index contributed by atoms with van der Waals surface area (Å²) in [5.41, 5.74) is 3.01. The molecule has 0 spiro atoms. The summed E-state index contributed by atoms with van der Waals surface area (Å²) in [6, 6.07) is 17.6. The van der Waals surface area contributed by atoms with Crippen molar-refractivity contribution in [3.63, 3.8) is 0 Å². The van der Waals surface area contributed by atoms with Crippen LogP contribution in [0.2, 0.25) is 0 Å². The van der Waals surface area contributed by atoms with Gasteiger partial charge >= 0.3 is 0 Å². The Bertz CT molecular complexity index is 609. The Balaban J connectivity index is 2.02. The maximum absolute atomic E-state index is 12.7. The molecule has 0 aromatic heterocycles. The predicted octanol–water partition coefficient (Wildman–Crippen LogP) is 3.60. The summed E-state index contributed by atoms with van der Waals surface area (Å²) in [6.45, 7) is 2.84. The van der Waals surface area contributed by atoms with Crippen LogP contribution >= 0.6 is 0 Å². The number of para-hydroxylation sites is 2. The molecule has 1 aliphatic heterocycles. The molecule has 102 valence electrons. The Morgan fingerprint density at radius 3 is 2.50 bits per heavy atom. The zero-order valence-corrected chi connectivity index (χ0v) is 11.5. The van der Waals surface area contributed by atoms with Crippen molar-refractivity contribution in [2.45, 2.75) is 19.4 Å². The van der Waals surface area contributed by atoms with Crippen LogP contribution in [0.1, 0.15) is 24.9 Å². The van der Waals surface area contributed by atoms with E-state index in [4.69, 9.17) is 0 Å². The van der Waals surface area contributed by atoms with Crippen LogP contribution in [-0.4, -0.2) is 12.5 Å². The quantitative estimate of drug-likeness (QED) is 0.920.